The number of amidine groups is 1. The van der Waals surface area contributed by atoms with Crippen molar-refractivity contribution in [3.05, 3.63) is 22.8 Å². The first-order chi connectivity index (χ1) is 6.66. The van der Waals surface area contributed by atoms with E-state index in [2.05, 4.69) is 4.98 Å². The molecule has 1 rings (SSSR count). The number of nitrogens with one attached hydrogen (secondary N) is 1. The fourth-order valence-corrected chi connectivity index (χ4v) is 1.14. The van der Waals surface area contributed by atoms with Crippen LogP contribution in [0.3, 0.4) is 0 Å². The number of nitrogens with zero attached hydrogens (tertiary/aromatic N) is 1. The van der Waals surface area contributed by atoms with Gasteiger partial charge in [0.25, 0.3) is 0 Å². The quantitative estimate of drug-likeness (QED) is 0.501. The second-order valence-corrected chi connectivity index (χ2v) is 2.84. The van der Waals surface area contributed by atoms with Crippen LogP contribution in [0.2, 0.25) is 5.02 Å². The molecule has 1 aromatic rings. The molecule has 0 amide bonds. The highest BCUT2D eigenvalue weighted by atomic mass is 35.5. The van der Waals surface area contributed by atoms with Gasteiger partial charge in [-0.05, 0) is 6.07 Å². The number of aliphatic hydroxyl groups excluding tert-OH is 1. The van der Waals surface area contributed by atoms with Gasteiger partial charge in [-0.2, -0.15) is 0 Å². The van der Waals surface area contributed by atoms with Gasteiger partial charge in [0.05, 0.1) is 6.61 Å². The Kier molecular flexibility index (Phi) is 3.67. The van der Waals surface area contributed by atoms with Crippen LogP contribution in [0.1, 0.15) is 5.56 Å². The monoisotopic (exact) mass is 215 g/mol. The molecular formula is C8H10ClN3O2. The highest BCUT2D eigenvalue weighted by molar-refractivity contribution is 6.35. The second-order valence-electron chi connectivity index (χ2n) is 2.46. The lowest BCUT2D eigenvalue weighted by molar-refractivity contribution is 0.197. The Hall–Kier alpha value is -1.33. The molecular weight excluding hydrogens is 206 g/mol. The minimum Gasteiger partial charge on any atom is -0.474 e. The average molecular weight is 216 g/mol. The van der Waals surface area contributed by atoms with Crippen molar-refractivity contribution in [2.24, 2.45) is 5.73 Å². The molecule has 0 aliphatic carbocycles. The zero-order chi connectivity index (χ0) is 10.6. The number of nitrogens with two attached hydrogens (primary N) is 1. The Morgan fingerprint density at radius 3 is 3.00 bits per heavy atom. The molecule has 0 aliphatic heterocycles. The molecule has 0 spiro atoms. The Labute approximate surface area is 86.0 Å². The van der Waals surface area contributed by atoms with Gasteiger partial charge in [0, 0.05) is 11.8 Å². The van der Waals surface area contributed by atoms with E-state index < -0.39 is 0 Å². The van der Waals surface area contributed by atoms with E-state index in [9.17, 15) is 0 Å². The lowest BCUT2D eigenvalue weighted by Crippen LogP contribution is -2.13. The van der Waals surface area contributed by atoms with Crippen molar-refractivity contribution in [3.8, 4) is 5.88 Å². The highest BCUT2D eigenvalue weighted by Crippen LogP contribution is 2.24. The van der Waals surface area contributed by atoms with Gasteiger partial charge < -0.3 is 15.6 Å². The summed E-state index contributed by atoms with van der Waals surface area (Å²) in [5.74, 6) is 0.0275. The first-order valence-corrected chi connectivity index (χ1v) is 4.27. The van der Waals surface area contributed by atoms with Crippen molar-refractivity contribution in [2.45, 2.75) is 0 Å². The van der Waals surface area contributed by atoms with Crippen molar-refractivity contribution < 1.29 is 9.84 Å². The molecule has 1 heterocycles. The molecule has 5 nitrogen and oxygen atoms in total. The number of pyridine rings is 1. The lowest BCUT2D eigenvalue weighted by atomic mass is 10.2. The number of halogens is 1. The Morgan fingerprint density at radius 2 is 2.43 bits per heavy atom. The maximum Gasteiger partial charge on any atom is 0.233 e. The largest absolute Gasteiger partial charge is 0.474 e. The number of rotatable bonds is 4. The zero-order valence-electron chi connectivity index (χ0n) is 7.33. The van der Waals surface area contributed by atoms with Crippen molar-refractivity contribution in [2.75, 3.05) is 13.2 Å². The maximum atomic E-state index is 8.53. The van der Waals surface area contributed by atoms with E-state index in [1.165, 1.54) is 12.3 Å². The third kappa shape index (κ3) is 2.34. The summed E-state index contributed by atoms with van der Waals surface area (Å²) < 4.78 is 5.03. The van der Waals surface area contributed by atoms with Gasteiger partial charge in [0.15, 0.2) is 0 Å². The summed E-state index contributed by atoms with van der Waals surface area (Å²) in [7, 11) is 0. The fraction of sp³-hybridized carbons (Fsp3) is 0.250. The normalized spacial score (nSPS) is 9.86. The summed E-state index contributed by atoms with van der Waals surface area (Å²) in [6.45, 7) is -0.0175. The topological polar surface area (TPSA) is 92.2 Å². The van der Waals surface area contributed by atoms with Crippen molar-refractivity contribution in [1.29, 1.82) is 5.41 Å². The van der Waals surface area contributed by atoms with Gasteiger partial charge in [0.1, 0.15) is 17.5 Å². The molecule has 0 saturated heterocycles. The first kappa shape index (κ1) is 10.7. The minimum absolute atomic E-state index is 0.105. The van der Waals surface area contributed by atoms with E-state index in [0.717, 1.165) is 0 Å². The van der Waals surface area contributed by atoms with Gasteiger partial charge in [-0.15, -0.1) is 0 Å². The number of nitrogen functional groups attached to an aromatic ring is 1. The van der Waals surface area contributed by atoms with Crippen LogP contribution in [0.15, 0.2) is 12.3 Å². The third-order valence-electron chi connectivity index (χ3n) is 1.48. The SMILES string of the molecule is N=C(N)c1ccnc(OCCO)c1Cl. The van der Waals surface area contributed by atoms with Crippen LogP contribution in [0.5, 0.6) is 5.88 Å². The summed E-state index contributed by atoms with van der Waals surface area (Å²) in [5.41, 5.74) is 5.65. The van der Waals surface area contributed by atoms with Gasteiger partial charge in [0.2, 0.25) is 5.88 Å². The van der Waals surface area contributed by atoms with E-state index >= 15 is 0 Å². The van der Waals surface area contributed by atoms with Gasteiger partial charge >= 0.3 is 0 Å². The molecule has 14 heavy (non-hydrogen) atoms. The number of aliphatic hydroxyl groups is 1. The molecule has 0 unspecified atom stereocenters. The summed E-state index contributed by atoms with van der Waals surface area (Å²) in [4.78, 5) is 3.84. The minimum atomic E-state index is -0.147. The molecule has 0 fully saturated rings. The van der Waals surface area contributed by atoms with Crippen molar-refractivity contribution >= 4 is 17.4 Å². The van der Waals surface area contributed by atoms with E-state index in [4.69, 9.17) is 32.6 Å². The maximum absolute atomic E-state index is 8.53. The van der Waals surface area contributed by atoms with Gasteiger partial charge in [-0.3, -0.25) is 5.41 Å². The number of aromatic nitrogens is 1. The average Bonchev–Trinajstić information content (AvgIpc) is 2.16. The summed E-state index contributed by atoms with van der Waals surface area (Å²) in [6, 6.07) is 1.52. The summed E-state index contributed by atoms with van der Waals surface area (Å²) >= 11 is 5.85. The smallest absolute Gasteiger partial charge is 0.233 e. The molecule has 1 aromatic heterocycles. The van der Waals surface area contributed by atoms with Crippen molar-refractivity contribution in [1.82, 2.24) is 4.98 Å². The standard InChI is InChI=1S/C8H10ClN3O2/c9-6-5(7(10)11)1-2-12-8(6)14-4-3-13/h1-2,13H,3-4H2,(H3,10,11). The first-order valence-electron chi connectivity index (χ1n) is 3.89. The third-order valence-corrected chi connectivity index (χ3v) is 1.84. The van der Waals surface area contributed by atoms with E-state index in [0.29, 0.717) is 5.56 Å². The second kappa shape index (κ2) is 4.78. The molecule has 76 valence electrons. The van der Waals surface area contributed by atoms with Crippen LogP contribution in [0.25, 0.3) is 0 Å². The van der Waals surface area contributed by atoms with Crippen LogP contribution >= 0.6 is 11.6 Å². The Bertz CT molecular complexity index is 343. The van der Waals surface area contributed by atoms with E-state index in [1.54, 1.807) is 0 Å². The van der Waals surface area contributed by atoms with Crippen LogP contribution in [0.4, 0.5) is 0 Å². The fourth-order valence-electron chi connectivity index (χ4n) is 0.876. The summed E-state index contributed by atoms with van der Waals surface area (Å²) in [6.07, 6.45) is 1.44. The number of hydrogen-bond acceptors (Lipinski definition) is 4. The molecule has 0 saturated carbocycles. The van der Waals surface area contributed by atoms with E-state index in [1.807, 2.05) is 0 Å². The Morgan fingerprint density at radius 1 is 1.71 bits per heavy atom. The number of ether oxygens (including phenoxy) is 1. The molecule has 4 N–H and O–H groups in total. The van der Waals surface area contributed by atoms with Crippen LogP contribution in [-0.4, -0.2) is 29.1 Å². The predicted octanol–water partition coefficient (Wildman–Crippen LogP) is 0.390. The Balaban J connectivity index is 2.95. The van der Waals surface area contributed by atoms with Gasteiger partial charge in [-0.1, -0.05) is 11.6 Å². The molecule has 0 bridgehead atoms. The molecule has 0 radical (unpaired) electrons. The molecule has 0 atom stereocenters. The van der Waals surface area contributed by atoms with E-state index in [-0.39, 0.29) is 30.0 Å². The lowest BCUT2D eigenvalue weighted by Gasteiger charge is -2.07. The highest BCUT2D eigenvalue weighted by Gasteiger charge is 2.10. The molecule has 0 aromatic carbocycles. The van der Waals surface area contributed by atoms with Crippen LogP contribution in [-0.2, 0) is 0 Å². The van der Waals surface area contributed by atoms with Crippen LogP contribution < -0.4 is 10.5 Å². The molecule has 6 heteroatoms. The van der Waals surface area contributed by atoms with Crippen molar-refractivity contribution in [3.63, 3.8) is 0 Å². The zero-order valence-corrected chi connectivity index (χ0v) is 8.08. The molecule has 0 aliphatic rings. The number of hydrogen-bond donors (Lipinski definition) is 3. The predicted molar refractivity (Wildman–Crippen MR) is 52.8 cm³/mol. The van der Waals surface area contributed by atoms with Gasteiger partial charge in [-0.25, -0.2) is 4.98 Å². The van der Waals surface area contributed by atoms with Crippen LogP contribution in [0, 0.1) is 5.41 Å². The summed E-state index contributed by atoms with van der Waals surface area (Å²) in [5, 5.41) is 15.9.